The Bertz CT molecular complexity index is 454. The average molecular weight is 280 g/mol. The molecular weight excluding hydrogens is 260 g/mol. The molecule has 0 radical (unpaired) electrons. The third-order valence-corrected chi connectivity index (χ3v) is 4.02. The Kier molecular flexibility index (Phi) is 5.13. The van der Waals surface area contributed by atoms with Crippen molar-refractivity contribution in [3.05, 3.63) is 34.0 Å². The maximum absolute atomic E-state index is 11.6. The molecule has 1 N–H and O–H groups in total. The highest BCUT2D eigenvalue weighted by molar-refractivity contribution is 7.10. The van der Waals surface area contributed by atoms with E-state index in [1.54, 1.807) is 17.4 Å². The Labute approximate surface area is 118 Å². The van der Waals surface area contributed by atoms with Gasteiger partial charge in [0.2, 0.25) is 5.91 Å². The number of ether oxygens (including phenoxy) is 1. The molecule has 2 heterocycles. The lowest BCUT2D eigenvalue weighted by Gasteiger charge is -2.23. The smallest absolute Gasteiger partial charge is 0.243 e. The third kappa shape index (κ3) is 4.16. The first-order chi connectivity index (χ1) is 9.16. The molecule has 1 aliphatic rings. The van der Waals surface area contributed by atoms with Gasteiger partial charge in [0, 0.05) is 24.0 Å². The SMILES string of the molecule is CN(C)C/C=C/C(=O)NCC1OCCc2ccsc21. The van der Waals surface area contributed by atoms with E-state index in [0.29, 0.717) is 6.54 Å². The zero-order valence-corrected chi connectivity index (χ0v) is 12.2. The zero-order valence-electron chi connectivity index (χ0n) is 11.4. The normalized spacial score (nSPS) is 18.8. The standard InChI is InChI=1S/C14H20N2O2S/c1-16(2)7-3-4-13(17)15-10-12-14-11(5-8-18-12)6-9-19-14/h3-4,6,9,12H,5,7-8,10H2,1-2H3,(H,15,17)/b4-3+. The molecule has 0 saturated heterocycles. The number of thiophene rings is 1. The van der Waals surface area contributed by atoms with Crippen molar-refractivity contribution in [3.8, 4) is 0 Å². The average Bonchev–Trinajstić information content (AvgIpc) is 2.84. The predicted octanol–water partition coefficient (Wildman–Crippen LogP) is 1.60. The van der Waals surface area contributed by atoms with Crippen LogP contribution in [0, 0.1) is 0 Å². The molecule has 1 aliphatic heterocycles. The lowest BCUT2D eigenvalue weighted by Crippen LogP contribution is -2.30. The van der Waals surface area contributed by atoms with Gasteiger partial charge in [0.1, 0.15) is 6.10 Å². The molecule has 19 heavy (non-hydrogen) atoms. The number of rotatable bonds is 5. The van der Waals surface area contributed by atoms with Crippen LogP contribution in [0.15, 0.2) is 23.6 Å². The molecule has 104 valence electrons. The van der Waals surface area contributed by atoms with Crippen LogP contribution in [0.4, 0.5) is 0 Å². The van der Waals surface area contributed by atoms with Crippen LogP contribution in [-0.2, 0) is 16.0 Å². The highest BCUT2D eigenvalue weighted by atomic mass is 32.1. The highest BCUT2D eigenvalue weighted by Gasteiger charge is 2.22. The number of nitrogens with zero attached hydrogens (tertiary/aromatic N) is 1. The number of nitrogens with one attached hydrogen (secondary N) is 1. The number of carbonyl (C=O) groups excluding carboxylic acids is 1. The molecule has 1 unspecified atom stereocenters. The van der Waals surface area contributed by atoms with Crippen molar-refractivity contribution in [2.75, 3.05) is 33.8 Å². The summed E-state index contributed by atoms with van der Waals surface area (Å²) >= 11 is 1.71. The molecule has 0 bridgehead atoms. The van der Waals surface area contributed by atoms with E-state index in [1.807, 2.05) is 25.1 Å². The minimum absolute atomic E-state index is 0.00921. The lowest BCUT2D eigenvalue weighted by atomic mass is 10.1. The summed E-state index contributed by atoms with van der Waals surface area (Å²) in [5.41, 5.74) is 1.36. The van der Waals surface area contributed by atoms with E-state index >= 15 is 0 Å². The summed E-state index contributed by atoms with van der Waals surface area (Å²) < 4.78 is 5.72. The Balaban J connectivity index is 1.81. The predicted molar refractivity (Wildman–Crippen MR) is 77.4 cm³/mol. The summed E-state index contributed by atoms with van der Waals surface area (Å²) in [6.45, 7) is 2.04. The molecule has 0 aliphatic carbocycles. The van der Waals surface area contributed by atoms with Gasteiger partial charge in [-0.2, -0.15) is 0 Å². The second-order valence-electron chi connectivity index (χ2n) is 4.83. The van der Waals surface area contributed by atoms with E-state index in [-0.39, 0.29) is 12.0 Å². The van der Waals surface area contributed by atoms with Gasteiger partial charge in [-0.05, 0) is 37.5 Å². The molecule has 1 aromatic heterocycles. The van der Waals surface area contributed by atoms with Crippen LogP contribution in [0.5, 0.6) is 0 Å². The van der Waals surface area contributed by atoms with Crippen molar-refractivity contribution in [1.82, 2.24) is 10.2 Å². The van der Waals surface area contributed by atoms with E-state index in [0.717, 1.165) is 19.6 Å². The van der Waals surface area contributed by atoms with Crippen molar-refractivity contribution < 1.29 is 9.53 Å². The number of hydrogen-bond acceptors (Lipinski definition) is 4. The van der Waals surface area contributed by atoms with Gasteiger partial charge in [-0.25, -0.2) is 0 Å². The molecule has 0 aromatic carbocycles. The number of amides is 1. The molecule has 0 saturated carbocycles. The van der Waals surface area contributed by atoms with E-state index in [1.165, 1.54) is 10.4 Å². The first-order valence-corrected chi connectivity index (χ1v) is 7.31. The summed E-state index contributed by atoms with van der Waals surface area (Å²) in [6, 6.07) is 2.15. The van der Waals surface area contributed by atoms with Gasteiger partial charge in [-0.1, -0.05) is 6.08 Å². The Morgan fingerprint density at radius 1 is 1.63 bits per heavy atom. The second-order valence-corrected chi connectivity index (χ2v) is 5.78. The number of likely N-dealkylation sites (N-methyl/N-ethyl adjacent to an activating group) is 1. The topological polar surface area (TPSA) is 41.6 Å². The number of carbonyl (C=O) groups is 1. The van der Waals surface area contributed by atoms with Crippen molar-refractivity contribution in [2.45, 2.75) is 12.5 Å². The van der Waals surface area contributed by atoms with E-state index in [2.05, 4.69) is 16.8 Å². The molecule has 0 fully saturated rings. The summed E-state index contributed by atoms with van der Waals surface area (Å²) in [7, 11) is 3.94. The Morgan fingerprint density at radius 2 is 2.47 bits per heavy atom. The monoisotopic (exact) mass is 280 g/mol. The van der Waals surface area contributed by atoms with Crippen LogP contribution in [-0.4, -0.2) is 44.6 Å². The van der Waals surface area contributed by atoms with Gasteiger partial charge in [0.25, 0.3) is 0 Å². The van der Waals surface area contributed by atoms with Crippen molar-refractivity contribution in [1.29, 1.82) is 0 Å². The van der Waals surface area contributed by atoms with Gasteiger partial charge in [-0.15, -0.1) is 11.3 Å². The first kappa shape index (κ1) is 14.2. The van der Waals surface area contributed by atoms with Crippen LogP contribution in [0.3, 0.4) is 0 Å². The van der Waals surface area contributed by atoms with Gasteiger partial charge in [-0.3, -0.25) is 4.79 Å². The van der Waals surface area contributed by atoms with Crippen molar-refractivity contribution in [3.63, 3.8) is 0 Å². The second kappa shape index (κ2) is 6.84. The molecule has 0 spiro atoms. The fourth-order valence-electron chi connectivity index (χ4n) is 2.00. The van der Waals surface area contributed by atoms with Crippen LogP contribution < -0.4 is 5.32 Å². The summed E-state index contributed by atoms with van der Waals surface area (Å²) in [5.74, 6) is -0.0610. The molecule has 2 rings (SSSR count). The Morgan fingerprint density at radius 3 is 3.26 bits per heavy atom. The molecule has 4 nitrogen and oxygen atoms in total. The maximum Gasteiger partial charge on any atom is 0.243 e. The minimum atomic E-state index is -0.0610. The zero-order chi connectivity index (χ0) is 13.7. The number of hydrogen-bond donors (Lipinski definition) is 1. The minimum Gasteiger partial charge on any atom is -0.370 e. The summed E-state index contributed by atoms with van der Waals surface area (Å²) in [4.78, 5) is 14.9. The fraction of sp³-hybridized carbons (Fsp3) is 0.500. The van der Waals surface area contributed by atoms with Crippen LogP contribution >= 0.6 is 11.3 Å². The summed E-state index contributed by atoms with van der Waals surface area (Å²) in [6.07, 6.45) is 4.42. The van der Waals surface area contributed by atoms with Crippen molar-refractivity contribution in [2.24, 2.45) is 0 Å². The van der Waals surface area contributed by atoms with E-state index in [4.69, 9.17) is 4.74 Å². The van der Waals surface area contributed by atoms with E-state index in [9.17, 15) is 4.79 Å². The largest absolute Gasteiger partial charge is 0.370 e. The van der Waals surface area contributed by atoms with Crippen LogP contribution in [0.2, 0.25) is 0 Å². The molecule has 1 atom stereocenters. The molecule has 1 aromatic rings. The van der Waals surface area contributed by atoms with Gasteiger partial charge < -0.3 is 15.0 Å². The van der Waals surface area contributed by atoms with Gasteiger partial charge >= 0.3 is 0 Å². The van der Waals surface area contributed by atoms with Crippen molar-refractivity contribution >= 4 is 17.2 Å². The molecular formula is C14H20N2O2S. The quantitative estimate of drug-likeness (QED) is 0.833. The van der Waals surface area contributed by atoms with Crippen LogP contribution in [0.25, 0.3) is 0 Å². The van der Waals surface area contributed by atoms with Crippen LogP contribution in [0.1, 0.15) is 16.5 Å². The number of fused-ring (bicyclic) bond motifs is 1. The summed E-state index contributed by atoms with van der Waals surface area (Å²) in [5, 5.41) is 4.98. The molecule has 1 amide bonds. The van der Waals surface area contributed by atoms with Gasteiger partial charge in [0.15, 0.2) is 0 Å². The van der Waals surface area contributed by atoms with E-state index < -0.39 is 0 Å². The van der Waals surface area contributed by atoms with Gasteiger partial charge in [0.05, 0.1) is 6.61 Å². The fourth-order valence-corrected chi connectivity index (χ4v) is 3.00. The highest BCUT2D eigenvalue weighted by Crippen LogP contribution is 2.31. The first-order valence-electron chi connectivity index (χ1n) is 6.44. The third-order valence-electron chi connectivity index (χ3n) is 2.97. The molecule has 5 heteroatoms. The lowest BCUT2D eigenvalue weighted by molar-refractivity contribution is -0.117. The Hall–Kier alpha value is -1.17. The maximum atomic E-state index is 11.6.